The topological polar surface area (TPSA) is 130 Å². The second-order valence-corrected chi connectivity index (χ2v) is 3.69. The first-order valence-electron chi connectivity index (χ1n) is 3.52. The second-order valence-electron chi connectivity index (χ2n) is 2.54. The normalized spacial score (nSPS) is 10.3. The Morgan fingerprint density at radius 2 is 2.00 bits per heavy atom. The zero-order valence-electron chi connectivity index (χ0n) is 9.11. The third kappa shape index (κ3) is 4.33. The maximum atomic E-state index is 10.4. The quantitative estimate of drug-likeness (QED) is 0.183. The van der Waals surface area contributed by atoms with Crippen molar-refractivity contribution in [2.75, 3.05) is 4.72 Å². The summed E-state index contributed by atoms with van der Waals surface area (Å²) >= 11 is 0. The minimum absolute atomic E-state index is 0. The van der Waals surface area contributed by atoms with E-state index in [9.17, 15) is 18.5 Å². The predicted molar refractivity (Wildman–Crippen MR) is 51.0 cm³/mol. The molecule has 0 saturated heterocycles. The summed E-state index contributed by atoms with van der Waals surface area (Å²) in [5.41, 5.74) is -0.884. The van der Waals surface area contributed by atoms with Crippen LogP contribution in [0.5, 0.6) is 5.75 Å². The van der Waals surface area contributed by atoms with E-state index in [1.165, 1.54) is 4.72 Å². The number of nitro benzene ring substituents is 1. The van der Waals surface area contributed by atoms with E-state index in [1.54, 1.807) is 0 Å². The molecule has 1 aromatic carbocycles. The Balaban J connectivity index is 0. The number of non-ortho nitro benzene ring substituents is 1. The van der Waals surface area contributed by atoms with Crippen LogP contribution in [0, 0.1) is 10.1 Å². The fraction of sp³-hybridized carbons (Fsp3) is 0. The first-order chi connectivity index (χ1) is 6.79. The van der Waals surface area contributed by atoms with Crippen LogP contribution >= 0.6 is 0 Å². The summed E-state index contributed by atoms with van der Waals surface area (Å²) in [5.74, 6) is -0.529. The molecular weight excluding hydrogens is 251 g/mol. The number of hydrogen-bond acceptors (Lipinski definition) is 5. The molecule has 0 bridgehead atoms. The first-order valence-corrected chi connectivity index (χ1v) is 4.96. The van der Waals surface area contributed by atoms with E-state index in [1.807, 2.05) is 0 Å². The summed E-state index contributed by atoms with van der Waals surface area (Å²) in [4.78, 5) is 9.55. The van der Waals surface area contributed by atoms with Crippen molar-refractivity contribution in [2.24, 2.45) is 0 Å². The van der Waals surface area contributed by atoms with Crippen LogP contribution in [-0.4, -0.2) is 23.0 Å². The van der Waals surface area contributed by atoms with E-state index in [2.05, 4.69) is 0 Å². The Kier molecular flexibility index (Phi) is 5.16. The van der Waals surface area contributed by atoms with Crippen LogP contribution in [0.3, 0.4) is 0 Å². The smallest absolute Gasteiger partial charge is 1.00 e. The number of benzene rings is 1. The van der Waals surface area contributed by atoms with Crippen LogP contribution in [0.15, 0.2) is 18.2 Å². The van der Waals surface area contributed by atoms with Gasteiger partial charge < -0.3 is 6.53 Å². The number of nitrogens with zero attached hydrogens (tertiary/aromatic N) is 1. The van der Waals surface area contributed by atoms with Gasteiger partial charge in [-0.3, -0.25) is 19.4 Å². The van der Waals surface area contributed by atoms with Gasteiger partial charge in [0.15, 0.2) is 0 Å². The third-order valence-corrected chi connectivity index (χ3v) is 1.91. The third-order valence-electron chi connectivity index (χ3n) is 1.43. The number of aromatic hydroxyl groups is 1. The molecule has 16 heavy (non-hydrogen) atoms. The second kappa shape index (κ2) is 5.46. The number of phenolic OH excluding ortho intramolecular Hbond substituents is 1. The Hall–Kier alpha value is -0.870. The zero-order valence-corrected chi connectivity index (χ0v) is 10.9. The van der Waals surface area contributed by atoms with Gasteiger partial charge in [-0.1, -0.05) is 0 Å². The molecule has 0 aliphatic heterocycles. The van der Waals surface area contributed by atoms with Gasteiger partial charge in [0.25, 0.3) is 5.69 Å². The van der Waals surface area contributed by atoms with Crippen LogP contribution in [0.25, 0.3) is 0 Å². The van der Waals surface area contributed by atoms with Crippen LogP contribution in [0.2, 0.25) is 0 Å². The molecule has 3 N–H and O–H groups in total. The van der Waals surface area contributed by atoms with Crippen LogP contribution in [0.4, 0.5) is 11.4 Å². The molecule has 1 aromatic rings. The Morgan fingerprint density at radius 3 is 2.44 bits per heavy atom. The van der Waals surface area contributed by atoms with Gasteiger partial charge >= 0.3 is 39.9 Å². The summed E-state index contributed by atoms with van der Waals surface area (Å²) in [6, 6.07) is 2.71. The maximum absolute atomic E-state index is 10.4. The van der Waals surface area contributed by atoms with E-state index in [4.69, 9.17) is 9.66 Å². The zero-order chi connectivity index (χ0) is 11.6. The van der Waals surface area contributed by atoms with Crippen molar-refractivity contribution >= 4 is 21.7 Å². The monoisotopic (exact) mass is 258 g/mol. The van der Waals surface area contributed by atoms with Crippen molar-refractivity contribution < 1.29 is 54.0 Å². The summed E-state index contributed by atoms with van der Waals surface area (Å²) in [6.45, 7) is 0. The summed E-state index contributed by atoms with van der Waals surface area (Å²) < 4.78 is 30.7. The molecule has 0 atom stereocenters. The first kappa shape index (κ1) is 15.1. The molecule has 0 fully saturated rings. The van der Waals surface area contributed by atoms with Gasteiger partial charge in [-0.05, 0) is 6.07 Å². The molecule has 0 aromatic heterocycles. The van der Waals surface area contributed by atoms with Crippen molar-refractivity contribution in [1.82, 2.24) is 0 Å². The minimum Gasteiger partial charge on any atom is -1.00 e. The van der Waals surface area contributed by atoms with Crippen LogP contribution in [-0.2, 0) is 10.3 Å². The van der Waals surface area contributed by atoms with Gasteiger partial charge in [0.1, 0.15) is 5.75 Å². The molecule has 8 nitrogen and oxygen atoms in total. The van der Waals surface area contributed by atoms with Crippen molar-refractivity contribution in [3.63, 3.8) is 0 Å². The summed E-state index contributed by atoms with van der Waals surface area (Å²) in [5, 5.41) is 19.4. The molecule has 0 aliphatic rings. The average Bonchev–Trinajstić information content (AvgIpc) is 2.06. The van der Waals surface area contributed by atoms with Gasteiger partial charge in [-0.25, -0.2) is 0 Å². The van der Waals surface area contributed by atoms with Crippen LogP contribution in [0.1, 0.15) is 1.43 Å². The van der Waals surface area contributed by atoms with E-state index >= 15 is 0 Å². The molecule has 84 valence electrons. The number of rotatable bonds is 3. The van der Waals surface area contributed by atoms with E-state index in [0.717, 1.165) is 18.2 Å². The molecule has 0 saturated carbocycles. The maximum Gasteiger partial charge on any atom is 1.00 e. The molecule has 0 unspecified atom stereocenters. The fourth-order valence-corrected chi connectivity index (χ4v) is 1.30. The standard InChI is InChI=1S/C6H6N2O6S.Na.H/c9-6-2-1-4(8(10)11)3-5(6)7-15(12,13)14;;/h1-3,7,9H,(H,12,13,14);;/q;+1;-1. The van der Waals surface area contributed by atoms with Crippen molar-refractivity contribution in [3.8, 4) is 5.75 Å². The van der Waals surface area contributed by atoms with Crippen molar-refractivity contribution in [2.45, 2.75) is 0 Å². The Bertz CT molecular complexity index is 507. The van der Waals surface area contributed by atoms with Gasteiger partial charge in [0, 0.05) is 12.1 Å². The van der Waals surface area contributed by atoms with Gasteiger partial charge in [0.05, 0.1) is 10.6 Å². The fourth-order valence-electron chi connectivity index (χ4n) is 0.858. The molecule has 0 amide bonds. The van der Waals surface area contributed by atoms with Gasteiger partial charge in [-0.2, -0.15) is 8.42 Å². The van der Waals surface area contributed by atoms with E-state index < -0.39 is 32.4 Å². The van der Waals surface area contributed by atoms with Crippen molar-refractivity contribution in [1.29, 1.82) is 0 Å². The molecule has 10 heteroatoms. The number of nitro groups is 1. The number of anilines is 1. The summed E-state index contributed by atoms with van der Waals surface area (Å²) in [7, 11) is -4.57. The molecule has 1 rings (SSSR count). The minimum atomic E-state index is -4.57. The molecule has 0 radical (unpaired) electrons. The number of hydrogen-bond donors (Lipinski definition) is 3. The van der Waals surface area contributed by atoms with Crippen molar-refractivity contribution in [3.05, 3.63) is 28.3 Å². The Morgan fingerprint density at radius 1 is 1.44 bits per heavy atom. The number of nitrogens with one attached hydrogen (secondary N) is 1. The van der Waals surface area contributed by atoms with E-state index in [0.29, 0.717) is 0 Å². The van der Waals surface area contributed by atoms with E-state index in [-0.39, 0.29) is 31.0 Å². The van der Waals surface area contributed by atoms with Gasteiger partial charge in [0.2, 0.25) is 0 Å². The SMILES string of the molecule is O=[N+]([O-])c1ccc(O)c(NS(=O)(=O)O)c1.[H-].[Na+]. The summed E-state index contributed by atoms with van der Waals surface area (Å²) in [6.07, 6.45) is 0. The molecule has 0 spiro atoms. The average molecular weight is 258 g/mol. The predicted octanol–water partition coefficient (Wildman–Crippen LogP) is -2.37. The molecule has 0 heterocycles. The molecular formula is C6H7N2NaO6S. The largest absolute Gasteiger partial charge is 1.00 e. The number of phenols is 1. The Labute approximate surface area is 114 Å². The van der Waals surface area contributed by atoms with Crippen LogP contribution < -0.4 is 34.3 Å². The van der Waals surface area contributed by atoms with Gasteiger partial charge in [-0.15, -0.1) is 0 Å². The molecule has 0 aliphatic carbocycles.